The summed E-state index contributed by atoms with van der Waals surface area (Å²) in [6, 6.07) is 9.69. The van der Waals surface area contributed by atoms with E-state index >= 15 is 0 Å². The Morgan fingerprint density at radius 3 is 2.71 bits per heavy atom. The molecule has 2 rings (SSSR count). The van der Waals surface area contributed by atoms with Gasteiger partial charge in [0.2, 0.25) is 0 Å². The standard InChI is InChI=1S/C14H16O3/c1-2-16-13-8-12(9-13)14(15)17-10-11-6-4-3-5-7-11/h2-7,12-13H,1,8-10H2. The van der Waals surface area contributed by atoms with E-state index < -0.39 is 0 Å². The number of carbonyl (C=O) groups is 1. The van der Waals surface area contributed by atoms with Gasteiger partial charge in [-0.05, 0) is 18.4 Å². The highest BCUT2D eigenvalue weighted by atomic mass is 16.5. The molecule has 1 aromatic rings. The Bertz CT molecular complexity index is 380. The molecule has 3 heteroatoms. The molecule has 0 spiro atoms. The van der Waals surface area contributed by atoms with Gasteiger partial charge in [-0.15, -0.1) is 0 Å². The van der Waals surface area contributed by atoms with Crippen molar-refractivity contribution in [2.75, 3.05) is 0 Å². The van der Waals surface area contributed by atoms with Gasteiger partial charge in [-0.3, -0.25) is 4.79 Å². The maximum atomic E-state index is 11.6. The van der Waals surface area contributed by atoms with Crippen molar-refractivity contribution < 1.29 is 14.3 Å². The zero-order chi connectivity index (χ0) is 12.1. The van der Waals surface area contributed by atoms with Crippen LogP contribution in [0.25, 0.3) is 0 Å². The molecule has 0 aromatic heterocycles. The average Bonchev–Trinajstić information content (AvgIpc) is 2.31. The van der Waals surface area contributed by atoms with Crippen LogP contribution in [-0.4, -0.2) is 12.1 Å². The number of carbonyl (C=O) groups excluding carboxylic acids is 1. The lowest BCUT2D eigenvalue weighted by atomic mass is 9.82. The second kappa shape index (κ2) is 5.53. The summed E-state index contributed by atoms with van der Waals surface area (Å²) in [6.07, 6.45) is 3.04. The molecule has 1 saturated carbocycles. The molecule has 0 heterocycles. The van der Waals surface area contributed by atoms with Crippen LogP contribution in [0.15, 0.2) is 43.2 Å². The van der Waals surface area contributed by atoms with Gasteiger partial charge in [0.1, 0.15) is 6.61 Å². The minimum absolute atomic E-state index is 0.0105. The summed E-state index contributed by atoms with van der Waals surface area (Å²) in [7, 11) is 0. The van der Waals surface area contributed by atoms with E-state index in [-0.39, 0.29) is 18.0 Å². The van der Waals surface area contributed by atoms with Gasteiger partial charge in [0.05, 0.1) is 18.3 Å². The van der Waals surface area contributed by atoms with E-state index in [4.69, 9.17) is 9.47 Å². The molecule has 0 radical (unpaired) electrons. The van der Waals surface area contributed by atoms with Gasteiger partial charge in [0.15, 0.2) is 0 Å². The average molecular weight is 232 g/mol. The van der Waals surface area contributed by atoms with Crippen LogP contribution in [0.1, 0.15) is 18.4 Å². The Kier molecular flexibility index (Phi) is 3.81. The Balaban J connectivity index is 1.71. The van der Waals surface area contributed by atoms with Gasteiger partial charge in [0, 0.05) is 0 Å². The van der Waals surface area contributed by atoms with Gasteiger partial charge < -0.3 is 9.47 Å². The van der Waals surface area contributed by atoms with Crippen LogP contribution in [0.4, 0.5) is 0 Å². The summed E-state index contributed by atoms with van der Waals surface area (Å²) in [5, 5.41) is 0. The number of hydrogen-bond donors (Lipinski definition) is 0. The SMILES string of the molecule is C=COC1CC(C(=O)OCc2ccccc2)C1. The number of esters is 1. The van der Waals surface area contributed by atoms with Crippen molar-refractivity contribution in [2.45, 2.75) is 25.6 Å². The topological polar surface area (TPSA) is 35.5 Å². The van der Waals surface area contributed by atoms with E-state index in [0.29, 0.717) is 6.61 Å². The molecule has 0 atom stereocenters. The summed E-state index contributed by atoms with van der Waals surface area (Å²) in [5.41, 5.74) is 1.01. The molecule has 0 saturated heterocycles. The van der Waals surface area contributed by atoms with E-state index in [1.54, 1.807) is 0 Å². The molecule has 1 aromatic carbocycles. The van der Waals surface area contributed by atoms with E-state index in [1.165, 1.54) is 6.26 Å². The first-order valence-electron chi connectivity index (χ1n) is 5.76. The second-order valence-electron chi connectivity index (χ2n) is 4.19. The van der Waals surface area contributed by atoms with Crippen LogP contribution in [0.3, 0.4) is 0 Å². The monoisotopic (exact) mass is 232 g/mol. The summed E-state index contributed by atoms with van der Waals surface area (Å²) in [5.74, 6) is -0.138. The summed E-state index contributed by atoms with van der Waals surface area (Å²) >= 11 is 0. The molecule has 0 amide bonds. The number of rotatable bonds is 5. The fourth-order valence-electron chi connectivity index (χ4n) is 1.85. The second-order valence-corrected chi connectivity index (χ2v) is 4.19. The van der Waals surface area contributed by atoms with Crippen LogP contribution in [0, 0.1) is 5.92 Å². The smallest absolute Gasteiger partial charge is 0.309 e. The first-order valence-corrected chi connectivity index (χ1v) is 5.76. The summed E-state index contributed by atoms with van der Waals surface area (Å²) in [6.45, 7) is 3.84. The van der Waals surface area contributed by atoms with Crippen LogP contribution in [0.5, 0.6) is 0 Å². The van der Waals surface area contributed by atoms with Crippen LogP contribution in [-0.2, 0) is 20.9 Å². The predicted octanol–water partition coefficient (Wildman–Crippen LogP) is 2.67. The quantitative estimate of drug-likeness (QED) is 0.578. The van der Waals surface area contributed by atoms with Gasteiger partial charge in [-0.2, -0.15) is 0 Å². The molecular formula is C14H16O3. The zero-order valence-electron chi connectivity index (χ0n) is 9.67. The fraction of sp³-hybridized carbons (Fsp3) is 0.357. The minimum Gasteiger partial charge on any atom is -0.499 e. The van der Waals surface area contributed by atoms with Crippen molar-refractivity contribution in [1.29, 1.82) is 0 Å². The first kappa shape index (κ1) is 11.7. The van der Waals surface area contributed by atoms with Crippen molar-refractivity contribution in [3.05, 3.63) is 48.7 Å². The normalized spacial score (nSPS) is 22.4. The zero-order valence-corrected chi connectivity index (χ0v) is 9.67. The van der Waals surface area contributed by atoms with Crippen LogP contribution < -0.4 is 0 Å². The third kappa shape index (κ3) is 3.09. The fourth-order valence-corrected chi connectivity index (χ4v) is 1.85. The van der Waals surface area contributed by atoms with E-state index in [1.807, 2.05) is 30.3 Å². The Morgan fingerprint density at radius 2 is 2.06 bits per heavy atom. The Morgan fingerprint density at radius 1 is 1.35 bits per heavy atom. The maximum absolute atomic E-state index is 11.6. The maximum Gasteiger partial charge on any atom is 0.309 e. The van der Waals surface area contributed by atoms with Gasteiger partial charge in [-0.25, -0.2) is 0 Å². The molecule has 0 N–H and O–H groups in total. The Labute approximate surface area is 101 Å². The molecule has 0 unspecified atom stereocenters. The number of ether oxygens (including phenoxy) is 2. The van der Waals surface area contributed by atoms with Crippen molar-refractivity contribution >= 4 is 5.97 Å². The number of benzene rings is 1. The molecule has 3 nitrogen and oxygen atoms in total. The Hall–Kier alpha value is -1.77. The highest BCUT2D eigenvalue weighted by molar-refractivity contribution is 5.73. The van der Waals surface area contributed by atoms with Crippen molar-refractivity contribution in [3.63, 3.8) is 0 Å². The highest BCUT2D eigenvalue weighted by Gasteiger charge is 2.36. The molecule has 1 fully saturated rings. The lowest BCUT2D eigenvalue weighted by Gasteiger charge is -2.32. The first-order chi connectivity index (χ1) is 8.29. The molecule has 0 bridgehead atoms. The van der Waals surface area contributed by atoms with Crippen LogP contribution in [0.2, 0.25) is 0 Å². The number of hydrogen-bond acceptors (Lipinski definition) is 3. The lowest BCUT2D eigenvalue weighted by molar-refractivity contribution is -0.157. The highest BCUT2D eigenvalue weighted by Crippen LogP contribution is 2.31. The van der Waals surface area contributed by atoms with Crippen molar-refractivity contribution in [2.24, 2.45) is 5.92 Å². The predicted molar refractivity (Wildman–Crippen MR) is 64.0 cm³/mol. The van der Waals surface area contributed by atoms with Crippen LogP contribution >= 0.6 is 0 Å². The van der Waals surface area contributed by atoms with Gasteiger partial charge >= 0.3 is 5.97 Å². The lowest BCUT2D eigenvalue weighted by Crippen LogP contribution is -2.36. The van der Waals surface area contributed by atoms with E-state index in [0.717, 1.165) is 18.4 Å². The third-order valence-corrected chi connectivity index (χ3v) is 2.94. The summed E-state index contributed by atoms with van der Waals surface area (Å²) in [4.78, 5) is 11.6. The largest absolute Gasteiger partial charge is 0.499 e. The van der Waals surface area contributed by atoms with Gasteiger partial charge in [0.25, 0.3) is 0 Å². The van der Waals surface area contributed by atoms with E-state index in [2.05, 4.69) is 6.58 Å². The van der Waals surface area contributed by atoms with E-state index in [9.17, 15) is 4.79 Å². The van der Waals surface area contributed by atoms with Gasteiger partial charge in [-0.1, -0.05) is 36.9 Å². The minimum atomic E-state index is -0.127. The van der Waals surface area contributed by atoms with Crippen molar-refractivity contribution in [3.8, 4) is 0 Å². The molecule has 1 aliphatic rings. The molecular weight excluding hydrogens is 216 g/mol. The third-order valence-electron chi connectivity index (χ3n) is 2.94. The van der Waals surface area contributed by atoms with Crippen molar-refractivity contribution in [1.82, 2.24) is 0 Å². The summed E-state index contributed by atoms with van der Waals surface area (Å²) < 4.78 is 10.4. The molecule has 0 aliphatic heterocycles. The molecule has 17 heavy (non-hydrogen) atoms. The molecule has 1 aliphatic carbocycles. The molecule has 90 valence electrons.